The van der Waals surface area contributed by atoms with Crippen molar-refractivity contribution in [2.45, 2.75) is 19.5 Å². The van der Waals surface area contributed by atoms with E-state index in [2.05, 4.69) is 21.2 Å². The first-order chi connectivity index (χ1) is 7.00. The molecule has 0 saturated carbocycles. The molecule has 4 nitrogen and oxygen atoms in total. The highest BCUT2D eigenvalue weighted by Crippen LogP contribution is 2.24. The van der Waals surface area contributed by atoms with Crippen molar-refractivity contribution >= 4 is 34.2 Å². The molecule has 1 aromatic rings. The molecule has 1 aromatic carbocycles. The molecule has 6 heteroatoms. The van der Waals surface area contributed by atoms with E-state index in [1.807, 2.05) is 0 Å². The van der Waals surface area contributed by atoms with Crippen LogP contribution in [0.2, 0.25) is 0 Å². The Kier molecular flexibility index (Phi) is 6.40. The number of rotatable bonds is 3. The monoisotopic (exact) mass is 308 g/mol. The summed E-state index contributed by atoms with van der Waals surface area (Å²) in [6, 6.07) is 4.54. The average molecular weight is 310 g/mol. The molecule has 1 atom stereocenters. The maximum absolute atomic E-state index is 11.2. The van der Waals surface area contributed by atoms with E-state index in [1.165, 1.54) is 0 Å². The maximum Gasteiger partial charge on any atom is 0.236 e. The summed E-state index contributed by atoms with van der Waals surface area (Å²) in [5.74, 6) is -0.0172. The summed E-state index contributed by atoms with van der Waals surface area (Å²) in [7, 11) is 0. The molecular weight excluding hydrogens is 295 g/mol. The molecule has 0 aliphatic rings. The highest BCUT2D eigenvalue weighted by atomic mass is 79.9. The SMILES string of the molecule is CC(N)C(=O)NCc1ccc(O)c(Br)c1.Cl. The van der Waals surface area contributed by atoms with Gasteiger partial charge in [-0.15, -0.1) is 12.4 Å². The number of nitrogens with two attached hydrogens (primary N) is 1. The molecule has 0 heterocycles. The van der Waals surface area contributed by atoms with Crippen molar-refractivity contribution in [3.8, 4) is 5.75 Å². The number of carbonyl (C=O) groups excluding carboxylic acids is 1. The number of hydrogen-bond acceptors (Lipinski definition) is 3. The lowest BCUT2D eigenvalue weighted by atomic mass is 10.2. The first kappa shape index (κ1) is 15.2. The van der Waals surface area contributed by atoms with Gasteiger partial charge >= 0.3 is 0 Å². The average Bonchev–Trinajstić information content (AvgIpc) is 2.19. The predicted molar refractivity (Wildman–Crippen MR) is 68.6 cm³/mol. The number of amides is 1. The topological polar surface area (TPSA) is 75.4 Å². The van der Waals surface area contributed by atoms with Crippen LogP contribution in [0.4, 0.5) is 0 Å². The zero-order valence-corrected chi connectivity index (χ0v) is 11.1. The van der Waals surface area contributed by atoms with Crippen molar-refractivity contribution in [3.63, 3.8) is 0 Å². The highest BCUT2D eigenvalue weighted by molar-refractivity contribution is 9.10. The minimum Gasteiger partial charge on any atom is -0.507 e. The van der Waals surface area contributed by atoms with E-state index < -0.39 is 6.04 Å². The summed E-state index contributed by atoms with van der Waals surface area (Å²) in [5, 5.41) is 11.9. The third-order valence-corrected chi connectivity index (χ3v) is 2.53. The molecule has 0 bridgehead atoms. The van der Waals surface area contributed by atoms with E-state index >= 15 is 0 Å². The first-order valence-electron chi connectivity index (χ1n) is 4.51. The molecule has 0 spiro atoms. The van der Waals surface area contributed by atoms with Crippen LogP contribution in [-0.4, -0.2) is 17.1 Å². The third-order valence-electron chi connectivity index (χ3n) is 1.89. The minimum atomic E-state index is -0.509. The van der Waals surface area contributed by atoms with Crippen molar-refractivity contribution in [3.05, 3.63) is 28.2 Å². The molecule has 1 rings (SSSR count). The Labute approximate surface area is 109 Å². The summed E-state index contributed by atoms with van der Waals surface area (Å²) in [4.78, 5) is 11.2. The molecule has 16 heavy (non-hydrogen) atoms. The maximum atomic E-state index is 11.2. The second-order valence-corrected chi connectivity index (χ2v) is 4.15. The van der Waals surface area contributed by atoms with E-state index in [-0.39, 0.29) is 24.1 Å². The van der Waals surface area contributed by atoms with Crippen LogP contribution in [0.3, 0.4) is 0 Å². The number of nitrogens with one attached hydrogen (secondary N) is 1. The Morgan fingerprint density at radius 2 is 2.25 bits per heavy atom. The molecule has 1 unspecified atom stereocenters. The van der Waals surface area contributed by atoms with E-state index in [0.29, 0.717) is 11.0 Å². The van der Waals surface area contributed by atoms with Crippen LogP contribution < -0.4 is 11.1 Å². The number of benzene rings is 1. The highest BCUT2D eigenvalue weighted by Gasteiger charge is 2.06. The summed E-state index contributed by atoms with van der Waals surface area (Å²) >= 11 is 3.19. The lowest BCUT2D eigenvalue weighted by Gasteiger charge is -2.08. The molecule has 4 N–H and O–H groups in total. The zero-order valence-electron chi connectivity index (χ0n) is 8.74. The van der Waals surface area contributed by atoms with Crippen LogP contribution in [-0.2, 0) is 11.3 Å². The van der Waals surface area contributed by atoms with Gasteiger partial charge < -0.3 is 16.2 Å². The van der Waals surface area contributed by atoms with E-state index in [9.17, 15) is 9.90 Å². The van der Waals surface area contributed by atoms with Crippen molar-refractivity contribution in [1.82, 2.24) is 5.32 Å². The molecule has 0 aliphatic carbocycles. The molecule has 0 saturated heterocycles. The number of hydrogen-bond donors (Lipinski definition) is 3. The van der Waals surface area contributed by atoms with Gasteiger partial charge in [0.1, 0.15) is 5.75 Å². The van der Waals surface area contributed by atoms with Crippen LogP contribution in [0.15, 0.2) is 22.7 Å². The van der Waals surface area contributed by atoms with Crippen LogP contribution >= 0.6 is 28.3 Å². The fraction of sp³-hybridized carbons (Fsp3) is 0.300. The number of aromatic hydroxyl groups is 1. The molecule has 0 fully saturated rings. The largest absolute Gasteiger partial charge is 0.507 e. The summed E-state index contributed by atoms with van der Waals surface area (Å²) in [6.45, 7) is 2.03. The van der Waals surface area contributed by atoms with Crippen molar-refractivity contribution < 1.29 is 9.90 Å². The van der Waals surface area contributed by atoms with Crippen molar-refractivity contribution in [2.24, 2.45) is 5.73 Å². The zero-order chi connectivity index (χ0) is 11.4. The Bertz CT molecular complexity index is 372. The van der Waals surface area contributed by atoms with Gasteiger partial charge in [-0.1, -0.05) is 6.07 Å². The summed E-state index contributed by atoms with van der Waals surface area (Å²) in [5.41, 5.74) is 6.29. The lowest BCUT2D eigenvalue weighted by Crippen LogP contribution is -2.37. The second kappa shape index (κ2) is 6.73. The van der Waals surface area contributed by atoms with Gasteiger partial charge in [-0.2, -0.15) is 0 Å². The second-order valence-electron chi connectivity index (χ2n) is 3.29. The van der Waals surface area contributed by atoms with E-state index in [0.717, 1.165) is 5.56 Å². The lowest BCUT2D eigenvalue weighted by molar-refractivity contribution is -0.122. The van der Waals surface area contributed by atoms with Gasteiger partial charge in [-0.05, 0) is 40.5 Å². The quantitative estimate of drug-likeness (QED) is 0.793. The van der Waals surface area contributed by atoms with Crippen LogP contribution in [0, 0.1) is 0 Å². The molecule has 0 aromatic heterocycles. The van der Waals surface area contributed by atoms with Gasteiger partial charge in [0.05, 0.1) is 10.5 Å². The third kappa shape index (κ3) is 4.38. The summed E-state index contributed by atoms with van der Waals surface area (Å²) in [6.07, 6.45) is 0. The Hall–Kier alpha value is -0.780. The molecule has 90 valence electrons. The van der Waals surface area contributed by atoms with Gasteiger partial charge in [0.15, 0.2) is 0 Å². The van der Waals surface area contributed by atoms with E-state index in [1.54, 1.807) is 25.1 Å². The van der Waals surface area contributed by atoms with Gasteiger partial charge in [0, 0.05) is 6.54 Å². The van der Waals surface area contributed by atoms with Gasteiger partial charge in [-0.25, -0.2) is 0 Å². The number of phenols is 1. The van der Waals surface area contributed by atoms with Crippen LogP contribution in [0.5, 0.6) is 5.75 Å². The van der Waals surface area contributed by atoms with Crippen LogP contribution in [0.1, 0.15) is 12.5 Å². The van der Waals surface area contributed by atoms with E-state index in [4.69, 9.17) is 5.73 Å². The predicted octanol–water partition coefficient (Wildman–Crippen LogP) is 1.54. The van der Waals surface area contributed by atoms with Gasteiger partial charge in [0.2, 0.25) is 5.91 Å². The molecule has 0 radical (unpaired) electrons. The molecule has 1 amide bonds. The Morgan fingerprint density at radius 3 is 2.75 bits per heavy atom. The fourth-order valence-electron chi connectivity index (χ4n) is 1.01. The van der Waals surface area contributed by atoms with Crippen molar-refractivity contribution in [1.29, 1.82) is 0 Å². The standard InChI is InChI=1S/C10H13BrN2O2.ClH/c1-6(12)10(15)13-5-7-2-3-9(14)8(11)4-7;/h2-4,6,14H,5,12H2,1H3,(H,13,15);1H. The molecular formula is C10H14BrClN2O2. The van der Waals surface area contributed by atoms with Gasteiger partial charge in [0.25, 0.3) is 0 Å². The normalized spacial score (nSPS) is 11.4. The van der Waals surface area contributed by atoms with Gasteiger partial charge in [-0.3, -0.25) is 4.79 Å². The number of carbonyl (C=O) groups is 1. The minimum absolute atomic E-state index is 0. The summed E-state index contributed by atoms with van der Waals surface area (Å²) < 4.78 is 0.607. The number of halogens is 2. The van der Waals surface area contributed by atoms with Crippen molar-refractivity contribution in [2.75, 3.05) is 0 Å². The Morgan fingerprint density at radius 1 is 1.62 bits per heavy atom. The first-order valence-corrected chi connectivity index (χ1v) is 5.30. The smallest absolute Gasteiger partial charge is 0.236 e. The Balaban J connectivity index is 0.00000225. The molecule has 0 aliphatic heterocycles. The fourth-order valence-corrected chi connectivity index (χ4v) is 1.44. The van der Waals surface area contributed by atoms with Crippen LogP contribution in [0.25, 0.3) is 0 Å². The number of phenolic OH excluding ortho intramolecular Hbond substituents is 1.